The second-order valence-corrected chi connectivity index (χ2v) is 6.96. The highest BCUT2D eigenvalue weighted by Crippen LogP contribution is 2.16. The summed E-state index contributed by atoms with van der Waals surface area (Å²) in [7, 11) is 0. The average Bonchev–Trinajstić information content (AvgIpc) is 2.71. The van der Waals surface area contributed by atoms with Crippen molar-refractivity contribution in [2.24, 2.45) is 11.7 Å². The first-order chi connectivity index (χ1) is 13.5. The summed E-state index contributed by atoms with van der Waals surface area (Å²) in [5.41, 5.74) is 13.2. The maximum absolute atomic E-state index is 12.1. The van der Waals surface area contributed by atoms with Crippen LogP contribution in [0.3, 0.4) is 0 Å². The molecule has 0 aromatic heterocycles. The molecular weight excluding hydrogens is 394 g/mol. The van der Waals surface area contributed by atoms with E-state index >= 15 is 0 Å². The smallest absolute Gasteiger partial charge is 0.239 e. The number of aldehydes is 1. The lowest BCUT2D eigenvalue weighted by Gasteiger charge is -2.20. The fourth-order valence-electron chi connectivity index (χ4n) is 2.38. The number of thiol groups is 1. The molecular formula is C19H23N5O2S2. The summed E-state index contributed by atoms with van der Waals surface area (Å²) in [4.78, 5) is 23.5. The zero-order valence-corrected chi connectivity index (χ0v) is 16.8. The second-order valence-electron chi connectivity index (χ2n) is 5.99. The number of nitrogens with two attached hydrogens (primary N) is 1. The van der Waals surface area contributed by atoms with Crippen molar-refractivity contribution in [3.8, 4) is 0 Å². The number of para-hydroxylation sites is 1. The molecule has 2 aromatic carbocycles. The van der Waals surface area contributed by atoms with Gasteiger partial charge in [0.05, 0.1) is 11.3 Å². The van der Waals surface area contributed by atoms with Gasteiger partial charge in [0.1, 0.15) is 6.29 Å². The van der Waals surface area contributed by atoms with Gasteiger partial charge in [-0.3, -0.25) is 15.6 Å². The van der Waals surface area contributed by atoms with E-state index in [0.717, 1.165) is 16.9 Å². The third kappa shape index (κ3) is 7.18. The monoisotopic (exact) mass is 417 g/mol. The van der Waals surface area contributed by atoms with Gasteiger partial charge in [-0.25, -0.2) is 0 Å². The van der Waals surface area contributed by atoms with Crippen LogP contribution in [0.4, 0.5) is 11.4 Å². The SMILES string of the molecule is NCc1cccc(NC(=S)NNC(=O)CC(C=O)C(S)Nc2ccccc2)c1. The first-order valence-corrected chi connectivity index (χ1v) is 9.54. The third-order valence-corrected chi connectivity index (χ3v) is 4.54. The summed E-state index contributed by atoms with van der Waals surface area (Å²) in [6.07, 6.45) is 0.665. The largest absolute Gasteiger partial charge is 0.373 e. The van der Waals surface area contributed by atoms with Gasteiger partial charge in [-0.05, 0) is 42.0 Å². The molecule has 0 aliphatic rings. The Bertz CT molecular complexity index is 804. The van der Waals surface area contributed by atoms with Crippen molar-refractivity contribution >= 4 is 53.5 Å². The third-order valence-electron chi connectivity index (χ3n) is 3.83. The minimum Gasteiger partial charge on any atom is -0.373 e. The van der Waals surface area contributed by atoms with Crippen LogP contribution in [0.1, 0.15) is 12.0 Å². The molecule has 0 saturated heterocycles. The summed E-state index contributed by atoms with van der Waals surface area (Å²) in [5.74, 6) is -1.00. The van der Waals surface area contributed by atoms with Crippen molar-refractivity contribution in [2.75, 3.05) is 10.6 Å². The van der Waals surface area contributed by atoms with E-state index in [0.29, 0.717) is 12.8 Å². The topological polar surface area (TPSA) is 108 Å². The number of hydrogen-bond acceptors (Lipinski definition) is 6. The molecule has 2 rings (SSSR count). The van der Waals surface area contributed by atoms with Gasteiger partial charge in [-0.1, -0.05) is 30.3 Å². The van der Waals surface area contributed by atoms with E-state index in [4.69, 9.17) is 18.0 Å². The Hall–Kier alpha value is -2.62. The van der Waals surface area contributed by atoms with E-state index in [1.807, 2.05) is 54.6 Å². The first-order valence-electron chi connectivity index (χ1n) is 8.61. The predicted octanol–water partition coefficient (Wildman–Crippen LogP) is 2.04. The number of rotatable bonds is 8. The zero-order chi connectivity index (χ0) is 20.4. The van der Waals surface area contributed by atoms with Crippen LogP contribution in [0.15, 0.2) is 54.6 Å². The molecule has 0 fully saturated rings. The first kappa shape index (κ1) is 21.7. The second kappa shape index (κ2) is 11.3. The van der Waals surface area contributed by atoms with Crippen molar-refractivity contribution < 1.29 is 9.59 Å². The Labute approximate surface area is 174 Å². The van der Waals surface area contributed by atoms with E-state index in [2.05, 4.69) is 34.1 Å². The number of nitrogens with one attached hydrogen (secondary N) is 4. The Morgan fingerprint density at radius 3 is 2.50 bits per heavy atom. The number of anilines is 2. The molecule has 9 heteroatoms. The zero-order valence-electron chi connectivity index (χ0n) is 15.1. The van der Waals surface area contributed by atoms with Gasteiger partial charge in [-0.15, -0.1) is 0 Å². The fourth-order valence-corrected chi connectivity index (χ4v) is 2.87. The summed E-state index contributed by atoms with van der Waals surface area (Å²) < 4.78 is 0. The lowest BCUT2D eigenvalue weighted by Crippen LogP contribution is -2.45. The van der Waals surface area contributed by atoms with Crippen molar-refractivity contribution in [3.05, 3.63) is 60.2 Å². The van der Waals surface area contributed by atoms with Crippen LogP contribution in [0, 0.1) is 5.92 Å². The van der Waals surface area contributed by atoms with Gasteiger partial charge in [0.25, 0.3) is 0 Å². The Kier molecular flexibility index (Phi) is 8.73. The van der Waals surface area contributed by atoms with Gasteiger partial charge >= 0.3 is 0 Å². The normalized spacial score (nSPS) is 12.4. The lowest BCUT2D eigenvalue weighted by molar-refractivity contribution is -0.124. The van der Waals surface area contributed by atoms with Crippen molar-refractivity contribution in [2.45, 2.75) is 18.3 Å². The molecule has 28 heavy (non-hydrogen) atoms. The molecule has 0 radical (unpaired) electrons. The lowest BCUT2D eigenvalue weighted by atomic mass is 10.1. The number of carbonyl (C=O) groups excluding carboxylic acids is 2. The summed E-state index contributed by atoms with van der Waals surface area (Å²) >= 11 is 9.54. The number of hydrazine groups is 1. The molecule has 0 heterocycles. The van der Waals surface area contributed by atoms with E-state index in [1.54, 1.807) is 0 Å². The minimum atomic E-state index is -0.617. The van der Waals surface area contributed by atoms with Gasteiger partial charge in [0, 0.05) is 24.3 Å². The Balaban J connectivity index is 1.79. The molecule has 148 valence electrons. The van der Waals surface area contributed by atoms with Crippen molar-refractivity contribution in [1.82, 2.24) is 10.9 Å². The van der Waals surface area contributed by atoms with Crippen LogP contribution < -0.4 is 27.2 Å². The highest BCUT2D eigenvalue weighted by atomic mass is 32.1. The van der Waals surface area contributed by atoms with E-state index in [-0.39, 0.29) is 17.4 Å². The predicted molar refractivity (Wildman–Crippen MR) is 119 cm³/mol. The fraction of sp³-hybridized carbons (Fsp3) is 0.211. The number of carbonyl (C=O) groups is 2. The van der Waals surface area contributed by atoms with Crippen molar-refractivity contribution in [1.29, 1.82) is 0 Å². The number of amides is 1. The summed E-state index contributed by atoms with van der Waals surface area (Å²) in [6, 6.07) is 16.8. The maximum Gasteiger partial charge on any atom is 0.239 e. The molecule has 0 aliphatic carbocycles. The molecule has 2 aromatic rings. The van der Waals surface area contributed by atoms with E-state index in [1.165, 1.54) is 0 Å². The summed E-state index contributed by atoms with van der Waals surface area (Å²) in [5, 5.41) is 5.75. The molecule has 1 amide bonds. The number of benzene rings is 2. The van der Waals surface area contributed by atoms with Crippen LogP contribution in [0.25, 0.3) is 0 Å². The molecule has 0 spiro atoms. The number of hydrogen-bond donors (Lipinski definition) is 6. The highest BCUT2D eigenvalue weighted by Gasteiger charge is 2.21. The molecule has 2 unspecified atom stereocenters. The van der Waals surface area contributed by atoms with Gasteiger partial charge in [0.2, 0.25) is 5.91 Å². The molecule has 2 atom stereocenters. The van der Waals surface area contributed by atoms with Crippen LogP contribution in [-0.2, 0) is 16.1 Å². The average molecular weight is 418 g/mol. The highest BCUT2D eigenvalue weighted by molar-refractivity contribution is 7.81. The van der Waals surface area contributed by atoms with Gasteiger partial charge < -0.3 is 21.2 Å². The van der Waals surface area contributed by atoms with E-state index in [9.17, 15) is 9.59 Å². The maximum atomic E-state index is 12.1. The standard InChI is InChI=1S/C19H23N5O2S2/c20-11-13-5-4-8-16(9-13)22-19(28)24-23-17(26)10-14(12-25)18(27)21-15-6-2-1-3-7-15/h1-9,12,14,18,21,27H,10-11,20H2,(H,23,26)(H2,22,24,28). The van der Waals surface area contributed by atoms with Gasteiger partial charge in [-0.2, -0.15) is 12.6 Å². The van der Waals surface area contributed by atoms with E-state index < -0.39 is 11.3 Å². The quantitative estimate of drug-likeness (QED) is 0.128. The van der Waals surface area contributed by atoms with Crippen molar-refractivity contribution in [3.63, 3.8) is 0 Å². The van der Waals surface area contributed by atoms with Crippen LogP contribution in [-0.4, -0.2) is 22.7 Å². The van der Waals surface area contributed by atoms with Crippen LogP contribution in [0.2, 0.25) is 0 Å². The number of thiocarbonyl (C=S) groups is 1. The molecule has 0 aliphatic heterocycles. The van der Waals surface area contributed by atoms with Crippen LogP contribution >= 0.6 is 24.8 Å². The molecule has 0 bridgehead atoms. The molecule has 6 N–H and O–H groups in total. The summed E-state index contributed by atoms with van der Waals surface area (Å²) in [6.45, 7) is 0.418. The Morgan fingerprint density at radius 1 is 1.11 bits per heavy atom. The molecule has 0 saturated carbocycles. The molecule has 7 nitrogen and oxygen atoms in total. The minimum absolute atomic E-state index is 0.0459. The van der Waals surface area contributed by atoms with Gasteiger partial charge in [0.15, 0.2) is 5.11 Å². The van der Waals surface area contributed by atoms with Crippen LogP contribution in [0.5, 0.6) is 0 Å². The Morgan fingerprint density at radius 2 is 1.82 bits per heavy atom.